The van der Waals surface area contributed by atoms with Crippen LogP contribution in [0.5, 0.6) is 11.5 Å². The van der Waals surface area contributed by atoms with E-state index < -0.39 is 12.1 Å². The number of carbonyl (C=O) groups is 1. The molecule has 0 spiro atoms. The monoisotopic (exact) mass is 518 g/mol. The second-order valence-corrected chi connectivity index (χ2v) is 9.83. The van der Waals surface area contributed by atoms with E-state index in [1.54, 1.807) is 26.5 Å². The number of rotatable bonds is 10. The van der Waals surface area contributed by atoms with Crippen molar-refractivity contribution < 1.29 is 23.8 Å². The zero-order chi connectivity index (χ0) is 26.9. The Balaban J connectivity index is 1.38. The normalized spacial score (nSPS) is 18.4. The third-order valence-electron chi connectivity index (χ3n) is 7.44. The molecule has 0 aliphatic carbocycles. The van der Waals surface area contributed by atoms with Gasteiger partial charge in [-0.2, -0.15) is 0 Å². The van der Waals surface area contributed by atoms with Crippen LogP contribution in [0, 0.1) is 23.7 Å². The molecule has 1 aliphatic rings. The van der Waals surface area contributed by atoms with Gasteiger partial charge in [-0.15, -0.1) is 0 Å². The fraction of sp³-hybridized carbons (Fsp3) is 0.419. The molecule has 0 bridgehead atoms. The summed E-state index contributed by atoms with van der Waals surface area (Å²) in [7, 11) is 3.23. The lowest BCUT2D eigenvalue weighted by molar-refractivity contribution is -0.137. The molecule has 1 aromatic heterocycles. The number of alkyl halides is 1. The second kappa shape index (κ2) is 13.3. The molecule has 0 saturated carbocycles. The molecule has 38 heavy (non-hydrogen) atoms. The van der Waals surface area contributed by atoms with Crippen molar-refractivity contribution >= 4 is 16.9 Å². The number of hydrogen-bond acceptors (Lipinski definition) is 5. The Morgan fingerprint density at radius 2 is 1.87 bits per heavy atom. The van der Waals surface area contributed by atoms with Gasteiger partial charge in [0.05, 0.1) is 26.3 Å². The maximum Gasteiger partial charge on any atom is 0.303 e. The van der Waals surface area contributed by atoms with E-state index in [0.717, 1.165) is 41.7 Å². The van der Waals surface area contributed by atoms with Gasteiger partial charge in [-0.25, -0.2) is 4.39 Å². The number of hydrogen-bond donors (Lipinski definition) is 1. The highest BCUT2D eigenvalue weighted by Gasteiger charge is 2.30. The predicted octanol–water partition coefficient (Wildman–Crippen LogP) is 5.90. The zero-order valence-electron chi connectivity index (χ0n) is 22.0. The standard InChI is InChI=1S/C31H35FN2O4/c1-37-25-9-5-22(6-10-25)4-3-18-34-19-16-23(24(21-34)8-14-31(35)36)7-12-29(32)27-15-17-33-30-13-11-26(38-2)20-28(27)30/h5-6,9-11,13,15,17,20,23-24,29H,7-8,12,14,16,18-19,21H2,1-2H3,(H,35,36)/t23-,24-,29-/m1/s1. The van der Waals surface area contributed by atoms with Gasteiger partial charge in [0, 0.05) is 30.1 Å². The Morgan fingerprint density at radius 3 is 2.61 bits per heavy atom. The largest absolute Gasteiger partial charge is 0.497 e. The molecular formula is C31H35FN2O4. The van der Waals surface area contributed by atoms with Crippen LogP contribution in [0.25, 0.3) is 10.9 Å². The van der Waals surface area contributed by atoms with Crippen molar-refractivity contribution in [3.63, 3.8) is 0 Å². The number of fused-ring (bicyclic) bond motifs is 1. The molecule has 2 heterocycles. The highest BCUT2D eigenvalue weighted by molar-refractivity contribution is 5.83. The molecular weight excluding hydrogens is 483 g/mol. The SMILES string of the molecule is COc1ccc(C#CCN2CC[C@@H](CC[C@@H](F)c3ccnc4ccc(OC)cc34)[C@H](CCC(=O)O)C2)cc1. The molecule has 1 saturated heterocycles. The van der Waals surface area contributed by atoms with Gasteiger partial charge in [-0.3, -0.25) is 14.7 Å². The molecule has 7 heteroatoms. The summed E-state index contributed by atoms with van der Waals surface area (Å²) in [4.78, 5) is 18.0. The smallest absolute Gasteiger partial charge is 0.303 e. The second-order valence-electron chi connectivity index (χ2n) is 9.83. The van der Waals surface area contributed by atoms with Crippen LogP contribution in [-0.2, 0) is 4.79 Å². The summed E-state index contributed by atoms with van der Waals surface area (Å²) in [6.45, 7) is 2.28. The van der Waals surface area contributed by atoms with Crippen molar-refractivity contribution in [3.05, 3.63) is 65.9 Å². The summed E-state index contributed by atoms with van der Waals surface area (Å²) < 4.78 is 26.1. The van der Waals surface area contributed by atoms with Gasteiger partial charge in [0.2, 0.25) is 0 Å². The number of benzene rings is 2. The first kappa shape index (κ1) is 27.4. The van der Waals surface area contributed by atoms with Gasteiger partial charge in [-0.05, 0) is 98.2 Å². The predicted molar refractivity (Wildman–Crippen MR) is 146 cm³/mol. The van der Waals surface area contributed by atoms with E-state index in [1.807, 2.05) is 42.5 Å². The molecule has 1 aliphatic heterocycles. The van der Waals surface area contributed by atoms with Gasteiger partial charge >= 0.3 is 5.97 Å². The van der Waals surface area contributed by atoms with Crippen LogP contribution in [0.1, 0.15) is 49.4 Å². The van der Waals surface area contributed by atoms with E-state index >= 15 is 4.39 Å². The number of ether oxygens (including phenoxy) is 2. The number of nitrogens with zero attached hydrogens (tertiary/aromatic N) is 2. The molecule has 0 radical (unpaired) electrons. The van der Waals surface area contributed by atoms with E-state index in [2.05, 4.69) is 21.7 Å². The average molecular weight is 519 g/mol. The third kappa shape index (κ3) is 7.23. The Hall–Kier alpha value is -3.63. The maximum atomic E-state index is 15.5. The first-order valence-corrected chi connectivity index (χ1v) is 13.1. The minimum Gasteiger partial charge on any atom is -0.497 e. The summed E-state index contributed by atoms with van der Waals surface area (Å²) in [5.41, 5.74) is 2.30. The summed E-state index contributed by atoms with van der Waals surface area (Å²) in [5.74, 6) is 7.60. The Labute approximate surface area is 223 Å². The van der Waals surface area contributed by atoms with Crippen molar-refractivity contribution in [2.75, 3.05) is 33.9 Å². The van der Waals surface area contributed by atoms with Gasteiger partial charge in [0.15, 0.2) is 0 Å². The van der Waals surface area contributed by atoms with Gasteiger partial charge in [-0.1, -0.05) is 11.8 Å². The lowest BCUT2D eigenvalue weighted by Crippen LogP contribution is -2.41. The first-order valence-electron chi connectivity index (χ1n) is 13.1. The van der Waals surface area contributed by atoms with Crippen molar-refractivity contribution in [2.45, 2.75) is 38.3 Å². The van der Waals surface area contributed by atoms with E-state index in [4.69, 9.17) is 9.47 Å². The molecule has 0 unspecified atom stereocenters. The van der Waals surface area contributed by atoms with Crippen LogP contribution in [0.3, 0.4) is 0 Å². The number of methoxy groups -OCH3 is 2. The fourth-order valence-electron chi connectivity index (χ4n) is 5.31. The average Bonchev–Trinajstić information content (AvgIpc) is 2.95. The summed E-state index contributed by atoms with van der Waals surface area (Å²) >= 11 is 0. The van der Waals surface area contributed by atoms with Crippen LogP contribution < -0.4 is 9.47 Å². The quantitative estimate of drug-likeness (QED) is 0.337. The molecule has 3 aromatic rings. The van der Waals surface area contributed by atoms with Crippen molar-refractivity contribution in [1.82, 2.24) is 9.88 Å². The van der Waals surface area contributed by atoms with Crippen LogP contribution in [0.4, 0.5) is 4.39 Å². The molecule has 4 rings (SSSR count). The van der Waals surface area contributed by atoms with Crippen LogP contribution >= 0.6 is 0 Å². The zero-order valence-corrected chi connectivity index (χ0v) is 22.0. The fourth-order valence-corrected chi connectivity index (χ4v) is 5.31. The van der Waals surface area contributed by atoms with E-state index in [1.165, 1.54) is 0 Å². The van der Waals surface area contributed by atoms with Crippen molar-refractivity contribution in [1.29, 1.82) is 0 Å². The van der Waals surface area contributed by atoms with Crippen LogP contribution in [-0.4, -0.2) is 54.8 Å². The molecule has 2 aromatic carbocycles. The number of likely N-dealkylation sites (tertiary alicyclic amines) is 1. The van der Waals surface area contributed by atoms with E-state index in [9.17, 15) is 9.90 Å². The van der Waals surface area contributed by atoms with E-state index in [-0.39, 0.29) is 18.3 Å². The lowest BCUT2D eigenvalue weighted by atomic mass is 9.79. The summed E-state index contributed by atoms with van der Waals surface area (Å²) in [6.07, 6.45) is 3.26. The summed E-state index contributed by atoms with van der Waals surface area (Å²) in [5, 5.41) is 10.1. The molecule has 1 fully saturated rings. The number of pyridine rings is 1. The molecule has 1 N–H and O–H groups in total. The number of carboxylic acids is 1. The molecule has 6 nitrogen and oxygen atoms in total. The summed E-state index contributed by atoms with van der Waals surface area (Å²) in [6, 6.07) is 14.9. The topological polar surface area (TPSA) is 71.9 Å². The Bertz CT molecular complexity index is 1280. The minimum absolute atomic E-state index is 0.125. The Morgan fingerprint density at radius 1 is 1.11 bits per heavy atom. The minimum atomic E-state index is -1.12. The number of aromatic nitrogens is 1. The van der Waals surface area contributed by atoms with Crippen LogP contribution in [0.2, 0.25) is 0 Å². The Kier molecular flexibility index (Phi) is 9.56. The molecule has 0 amide bonds. The number of carboxylic acid groups (broad SMARTS) is 1. The van der Waals surface area contributed by atoms with Crippen LogP contribution in [0.15, 0.2) is 54.7 Å². The highest BCUT2D eigenvalue weighted by Crippen LogP contribution is 2.36. The third-order valence-corrected chi connectivity index (χ3v) is 7.44. The first-order chi connectivity index (χ1) is 18.5. The molecule has 3 atom stereocenters. The maximum absolute atomic E-state index is 15.5. The van der Waals surface area contributed by atoms with Crippen molar-refractivity contribution in [3.8, 4) is 23.3 Å². The van der Waals surface area contributed by atoms with Gasteiger partial charge < -0.3 is 14.6 Å². The van der Waals surface area contributed by atoms with Crippen molar-refractivity contribution in [2.24, 2.45) is 11.8 Å². The number of halogens is 1. The number of aliphatic carboxylic acids is 1. The highest BCUT2D eigenvalue weighted by atomic mass is 19.1. The van der Waals surface area contributed by atoms with Gasteiger partial charge in [0.25, 0.3) is 0 Å². The molecule has 200 valence electrons. The number of piperidine rings is 1. The van der Waals surface area contributed by atoms with Gasteiger partial charge in [0.1, 0.15) is 17.7 Å². The lowest BCUT2D eigenvalue weighted by Gasteiger charge is -2.38. The van der Waals surface area contributed by atoms with E-state index in [0.29, 0.717) is 37.1 Å².